The molecule has 0 fully saturated rings. The van der Waals surface area contributed by atoms with Crippen molar-refractivity contribution in [1.29, 1.82) is 0 Å². The maximum Gasteiger partial charge on any atom is 0.0711 e. The number of rotatable bonds is 5. The molecule has 0 radical (unpaired) electrons. The average Bonchev–Trinajstić information content (AvgIpc) is 3.71. The fraction of sp³-hybridized carbons (Fsp3) is 0.146. The number of hydrogen-bond acceptors (Lipinski definition) is 2. The Hall–Kier alpha value is -5.73. The lowest BCUT2D eigenvalue weighted by molar-refractivity contribution is 0.526. The summed E-state index contributed by atoms with van der Waals surface area (Å²) < 4.78 is 0. The highest BCUT2D eigenvalue weighted by molar-refractivity contribution is 5.82. The molecule has 2 heterocycles. The SMILES string of the molecule is C1=CCCC(c2cc(-c3ccccc3)nc(C3c4ccccc4-c4ccc(C5C=CC6c7ccccc7N(c7ccccc7)C6C5)cc43)c2)=C1. The van der Waals surface area contributed by atoms with Crippen LogP contribution in [0.3, 0.4) is 0 Å². The zero-order valence-corrected chi connectivity index (χ0v) is 28.0. The van der Waals surface area contributed by atoms with Gasteiger partial charge in [-0.3, -0.25) is 4.98 Å². The lowest BCUT2D eigenvalue weighted by Crippen LogP contribution is -2.33. The first-order valence-corrected chi connectivity index (χ1v) is 18.1. The van der Waals surface area contributed by atoms with Gasteiger partial charge in [-0.2, -0.15) is 0 Å². The van der Waals surface area contributed by atoms with E-state index in [1.54, 1.807) is 0 Å². The maximum atomic E-state index is 5.46. The van der Waals surface area contributed by atoms with E-state index in [1.807, 2.05) is 0 Å². The molecule has 1 aliphatic heterocycles. The molecule has 0 spiro atoms. The van der Waals surface area contributed by atoms with Gasteiger partial charge < -0.3 is 4.90 Å². The predicted octanol–water partition coefficient (Wildman–Crippen LogP) is 12.0. The van der Waals surface area contributed by atoms with Crippen LogP contribution >= 0.6 is 0 Å². The highest BCUT2D eigenvalue weighted by Gasteiger charge is 2.41. The third-order valence-electron chi connectivity index (χ3n) is 11.4. The Morgan fingerprint density at radius 1 is 0.620 bits per heavy atom. The molecule has 4 unspecified atom stereocenters. The summed E-state index contributed by atoms with van der Waals surface area (Å²) in [6, 6.07) is 51.9. The van der Waals surface area contributed by atoms with E-state index in [0.29, 0.717) is 17.9 Å². The topological polar surface area (TPSA) is 16.1 Å². The van der Waals surface area contributed by atoms with Crippen molar-refractivity contribution in [2.45, 2.75) is 43.1 Å². The van der Waals surface area contributed by atoms with E-state index >= 15 is 0 Å². The van der Waals surface area contributed by atoms with Gasteiger partial charge in [0.25, 0.3) is 0 Å². The summed E-state index contributed by atoms with van der Waals surface area (Å²) in [7, 11) is 0. The molecule has 5 aromatic carbocycles. The van der Waals surface area contributed by atoms with E-state index < -0.39 is 0 Å². The van der Waals surface area contributed by atoms with Crippen LogP contribution in [-0.2, 0) is 0 Å². The fourth-order valence-corrected chi connectivity index (χ4v) is 9.04. The Morgan fingerprint density at radius 2 is 1.38 bits per heavy atom. The van der Waals surface area contributed by atoms with Gasteiger partial charge in [0, 0.05) is 34.8 Å². The predicted molar refractivity (Wildman–Crippen MR) is 207 cm³/mol. The van der Waals surface area contributed by atoms with Crippen LogP contribution in [0.25, 0.3) is 28.0 Å². The van der Waals surface area contributed by atoms with Gasteiger partial charge in [0.05, 0.1) is 17.3 Å². The Kier molecular flexibility index (Phi) is 7.01. The normalized spacial score (nSPS) is 21.3. The first-order valence-electron chi connectivity index (χ1n) is 18.1. The number of hydrogen-bond donors (Lipinski definition) is 0. The Morgan fingerprint density at radius 3 is 2.22 bits per heavy atom. The summed E-state index contributed by atoms with van der Waals surface area (Å²) >= 11 is 0. The van der Waals surface area contributed by atoms with Crippen LogP contribution in [-0.4, -0.2) is 11.0 Å². The zero-order valence-electron chi connectivity index (χ0n) is 28.0. The summed E-state index contributed by atoms with van der Waals surface area (Å²) in [5.41, 5.74) is 16.8. The summed E-state index contributed by atoms with van der Waals surface area (Å²) in [4.78, 5) is 8.06. The van der Waals surface area contributed by atoms with Gasteiger partial charge in [-0.15, -0.1) is 0 Å². The molecular weight excluding hydrogens is 605 g/mol. The number of pyridine rings is 1. The molecule has 2 heteroatoms. The molecule has 4 atom stereocenters. The largest absolute Gasteiger partial charge is 0.337 e. The molecule has 0 amide bonds. The number of anilines is 2. The lowest BCUT2D eigenvalue weighted by Gasteiger charge is -2.35. The zero-order chi connectivity index (χ0) is 33.0. The Bertz CT molecular complexity index is 2330. The molecule has 0 N–H and O–H groups in total. The van der Waals surface area contributed by atoms with Crippen LogP contribution in [0, 0.1) is 0 Å². The molecule has 4 aliphatic rings. The van der Waals surface area contributed by atoms with E-state index in [9.17, 15) is 0 Å². The summed E-state index contributed by atoms with van der Waals surface area (Å²) in [5, 5.41) is 0. The van der Waals surface area contributed by atoms with Crippen LogP contribution in [0.5, 0.6) is 0 Å². The highest BCUT2D eigenvalue weighted by atomic mass is 15.2. The number of fused-ring (bicyclic) bond motifs is 6. The van der Waals surface area contributed by atoms with Crippen molar-refractivity contribution in [1.82, 2.24) is 4.98 Å². The monoisotopic (exact) mass is 642 g/mol. The third kappa shape index (κ3) is 4.82. The van der Waals surface area contributed by atoms with E-state index in [1.165, 1.54) is 55.9 Å². The standard InChI is InChI=1S/C48H38N2/c1-4-14-32(15-5-1)36-29-44(33-16-6-2-7-17-33)49-45(30-36)48-42-22-11-10-20-38(42)39-26-24-34(28-43(39)48)35-25-27-41-40-21-12-13-23-46(40)50(47(41)31-35)37-18-8-3-9-19-37/h1-4,6-14,16-30,35,41,47-48H,5,15,31H2. The van der Waals surface area contributed by atoms with Crippen molar-refractivity contribution >= 4 is 16.9 Å². The summed E-state index contributed by atoms with van der Waals surface area (Å²) in [5.74, 6) is 0.784. The van der Waals surface area contributed by atoms with Gasteiger partial charge in [-0.25, -0.2) is 0 Å². The second kappa shape index (κ2) is 12.0. The van der Waals surface area contributed by atoms with Crippen LogP contribution in [0.2, 0.25) is 0 Å². The molecule has 240 valence electrons. The number of allylic oxidation sites excluding steroid dienone is 5. The summed E-state index contributed by atoms with van der Waals surface area (Å²) in [6.45, 7) is 0. The smallest absolute Gasteiger partial charge is 0.0711 e. The van der Waals surface area contributed by atoms with E-state index in [-0.39, 0.29) is 5.92 Å². The Labute approximate surface area is 294 Å². The Balaban J connectivity index is 1.08. The minimum Gasteiger partial charge on any atom is -0.337 e. The maximum absolute atomic E-state index is 5.46. The quantitative estimate of drug-likeness (QED) is 0.174. The molecule has 0 bridgehead atoms. The van der Waals surface area contributed by atoms with E-state index in [2.05, 4.69) is 175 Å². The molecule has 6 aromatic rings. The fourth-order valence-electron chi connectivity index (χ4n) is 9.04. The van der Waals surface area contributed by atoms with Crippen molar-refractivity contribution < 1.29 is 0 Å². The highest BCUT2D eigenvalue weighted by Crippen LogP contribution is 2.53. The van der Waals surface area contributed by atoms with Crippen LogP contribution in [0.4, 0.5) is 11.4 Å². The van der Waals surface area contributed by atoms with Crippen molar-refractivity contribution in [2.75, 3.05) is 4.90 Å². The summed E-state index contributed by atoms with van der Waals surface area (Å²) in [6.07, 6.45) is 14.9. The van der Waals surface area contributed by atoms with Gasteiger partial charge in [-0.1, -0.05) is 140 Å². The van der Waals surface area contributed by atoms with Gasteiger partial charge in [0.15, 0.2) is 0 Å². The average molecular weight is 643 g/mol. The van der Waals surface area contributed by atoms with Crippen LogP contribution in [0.1, 0.15) is 70.5 Å². The molecule has 2 nitrogen and oxygen atoms in total. The number of nitrogens with zero attached hydrogens (tertiary/aromatic N) is 2. The van der Waals surface area contributed by atoms with Gasteiger partial charge in [-0.05, 0) is 94.1 Å². The lowest BCUT2D eigenvalue weighted by atomic mass is 9.78. The van der Waals surface area contributed by atoms with Crippen molar-refractivity contribution in [3.05, 3.63) is 203 Å². The minimum absolute atomic E-state index is 0.0696. The minimum atomic E-state index is 0.0696. The van der Waals surface area contributed by atoms with Gasteiger partial charge in [0.1, 0.15) is 0 Å². The molecule has 0 saturated heterocycles. The molecule has 50 heavy (non-hydrogen) atoms. The second-order valence-corrected chi connectivity index (χ2v) is 14.1. The van der Waals surface area contributed by atoms with Crippen molar-refractivity contribution in [3.63, 3.8) is 0 Å². The second-order valence-electron chi connectivity index (χ2n) is 14.1. The first kappa shape index (κ1) is 29.2. The third-order valence-corrected chi connectivity index (χ3v) is 11.4. The number of aromatic nitrogens is 1. The van der Waals surface area contributed by atoms with Crippen molar-refractivity contribution in [2.24, 2.45) is 0 Å². The number of para-hydroxylation sites is 2. The van der Waals surface area contributed by atoms with E-state index in [0.717, 1.165) is 36.2 Å². The first-order chi connectivity index (χ1) is 24.8. The van der Waals surface area contributed by atoms with Gasteiger partial charge in [0.2, 0.25) is 0 Å². The molecule has 3 aliphatic carbocycles. The molecule has 0 saturated carbocycles. The molecule has 1 aromatic heterocycles. The molecule has 10 rings (SSSR count). The van der Waals surface area contributed by atoms with Crippen molar-refractivity contribution in [3.8, 4) is 22.4 Å². The van der Waals surface area contributed by atoms with Gasteiger partial charge >= 0.3 is 0 Å². The van der Waals surface area contributed by atoms with E-state index in [4.69, 9.17) is 4.98 Å². The van der Waals surface area contributed by atoms with Crippen LogP contribution in [0.15, 0.2) is 170 Å². The van der Waals surface area contributed by atoms with Crippen LogP contribution < -0.4 is 4.90 Å². The molecular formula is C48H38N2. The number of benzene rings is 5.